The van der Waals surface area contributed by atoms with Gasteiger partial charge < -0.3 is 11.1 Å². The second-order valence-corrected chi connectivity index (χ2v) is 3.29. The molecule has 6 heteroatoms. The molecule has 2 aromatic rings. The number of nitrogens with zero attached hydrogens (tertiary/aromatic N) is 2. The van der Waals surface area contributed by atoms with E-state index < -0.39 is 11.7 Å². The number of nitrogens with two attached hydrogens (primary N) is 1. The summed E-state index contributed by atoms with van der Waals surface area (Å²) in [5, 5.41) is 9.49. The van der Waals surface area contributed by atoms with Gasteiger partial charge in [-0.05, 0) is 18.2 Å². The number of amides is 1. The van der Waals surface area contributed by atoms with Gasteiger partial charge in [-0.15, -0.1) is 0 Å². The third-order valence-electron chi connectivity index (χ3n) is 2.13. The molecule has 17 heavy (non-hydrogen) atoms. The summed E-state index contributed by atoms with van der Waals surface area (Å²) in [6.07, 6.45) is 2.66. The summed E-state index contributed by atoms with van der Waals surface area (Å²) in [6.45, 7) is 0. The van der Waals surface area contributed by atoms with Crippen molar-refractivity contribution >= 4 is 17.3 Å². The maximum Gasteiger partial charge on any atom is 0.257 e. The topological polar surface area (TPSA) is 80.9 Å². The van der Waals surface area contributed by atoms with Gasteiger partial charge >= 0.3 is 0 Å². The lowest BCUT2D eigenvalue weighted by atomic mass is 10.2. The van der Waals surface area contributed by atoms with Crippen LogP contribution in [0.3, 0.4) is 0 Å². The van der Waals surface area contributed by atoms with Crippen molar-refractivity contribution in [3.8, 4) is 0 Å². The van der Waals surface area contributed by atoms with Crippen LogP contribution in [-0.2, 0) is 0 Å². The van der Waals surface area contributed by atoms with Crippen LogP contribution in [-0.4, -0.2) is 16.1 Å². The van der Waals surface area contributed by atoms with Crippen molar-refractivity contribution in [2.24, 2.45) is 0 Å². The first-order valence-electron chi connectivity index (χ1n) is 4.80. The Morgan fingerprint density at radius 1 is 1.29 bits per heavy atom. The highest BCUT2D eigenvalue weighted by Gasteiger charge is 2.11. The Morgan fingerprint density at radius 2 is 2.12 bits per heavy atom. The van der Waals surface area contributed by atoms with Crippen molar-refractivity contribution in [1.29, 1.82) is 0 Å². The zero-order valence-electron chi connectivity index (χ0n) is 8.72. The zero-order valence-corrected chi connectivity index (χ0v) is 8.72. The number of nitrogen functional groups attached to an aromatic ring is 1. The zero-order chi connectivity index (χ0) is 12.3. The Bertz CT molecular complexity index is 524. The molecule has 1 aromatic carbocycles. The van der Waals surface area contributed by atoms with E-state index in [0.717, 1.165) is 0 Å². The molecule has 86 valence electrons. The van der Waals surface area contributed by atoms with Crippen molar-refractivity contribution in [3.05, 3.63) is 48.0 Å². The van der Waals surface area contributed by atoms with Gasteiger partial charge in [-0.1, -0.05) is 6.07 Å². The first kappa shape index (κ1) is 11.0. The second-order valence-electron chi connectivity index (χ2n) is 3.29. The first-order chi connectivity index (χ1) is 8.18. The van der Waals surface area contributed by atoms with Gasteiger partial charge in [0.25, 0.3) is 5.91 Å². The average molecular weight is 232 g/mol. The van der Waals surface area contributed by atoms with Crippen LogP contribution in [0.5, 0.6) is 0 Å². The number of halogens is 1. The normalized spacial score (nSPS) is 9.94. The van der Waals surface area contributed by atoms with Gasteiger partial charge in [0.15, 0.2) is 0 Å². The first-order valence-corrected chi connectivity index (χ1v) is 4.80. The summed E-state index contributed by atoms with van der Waals surface area (Å²) in [7, 11) is 0. The lowest BCUT2D eigenvalue weighted by Crippen LogP contribution is -2.14. The molecule has 0 radical (unpaired) electrons. The maximum atomic E-state index is 13.4. The molecule has 0 aliphatic heterocycles. The number of nitrogens with one attached hydrogen (secondary N) is 1. The molecule has 5 nitrogen and oxygen atoms in total. The molecule has 1 amide bonds. The molecule has 2 rings (SSSR count). The van der Waals surface area contributed by atoms with E-state index in [1.807, 2.05) is 0 Å². The standard InChI is InChI=1S/C11H9FN4O/c12-8-2-1-3-9(13)10(8)16-11(17)7-4-5-14-15-6-7/h1-6H,13H2,(H,16,17). The van der Waals surface area contributed by atoms with Crippen molar-refractivity contribution in [3.63, 3.8) is 0 Å². The fourth-order valence-corrected chi connectivity index (χ4v) is 1.28. The third kappa shape index (κ3) is 2.36. The minimum absolute atomic E-state index is 0.0330. The fourth-order valence-electron chi connectivity index (χ4n) is 1.28. The fraction of sp³-hybridized carbons (Fsp3) is 0. The summed E-state index contributed by atoms with van der Waals surface area (Å²) in [5.41, 5.74) is 5.98. The molecule has 0 fully saturated rings. The van der Waals surface area contributed by atoms with E-state index in [1.165, 1.54) is 36.7 Å². The van der Waals surface area contributed by atoms with Crippen LogP contribution in [0.25, 0.3) is 0 Å². The summed E-state index contributed by atoms with van der Waals surface area (Å²) >= 11 is 0. The van der Waals surface area contributed by atoms with Gasteiger partial charge in [0.2, 0.25) is 0 Å². The molecule has 0 aliphatic rings. The monoisotopic (exact) mass is 232 g/mol. The number of anilines is 2. The summed E-state index contributed by atoms with van der Waals surface area (Å²) in [5.74, 6) is -1.07. The smallest absolute Gasteiger partial charge is 0.257 e. The predicted octanol–water partition coefficient (Wildman–Crippen LogP) is 1.45. The maximum absolute atomic E-state index is 13.4. The lowest BCUT2D eigenvalue weighted by molar-refractivity contribution is 0.102. The minimum Gasteiger partial charge on any atom is -0.397 e. The Morgan fingerprint density at radius 3 is 2.76 bits per heavy atom. The van der Waals surface area contributed by atoms with Crippen molar-refractivity contribution in [1.82, 2.24) is 10.2 Å². The largest absolute Gasteiger partial charge is 0.397 e. The second kappa shape index (κ2) is 4.56. The van der Waals surface area contributed by atoms with Crippen molar-refractivity contribution in [2.75, 3.05) is 11.1 Å². The SMILES string of the molecule is Nc1cccc(F)c1NC(=O)c1ccnnc1. The molecule has 0 spiro atoms. The molecule has 0 saturated carbocycles. The summed E-state index contributed by atoms with van der Waals surface area (Å²) < 4.78 is 13.4. The molecular weight excluding hydrogens is 223 g/mol. The van der Waals surface area contributed by atoms with E-state index in [2.05, 4.69) is 15.5 Å². The van der Waals surface area contributed by atoms with Crippen LogP contribution in [0.1, 0.15) is 10.4 Å². The van der Waals surface area contributed by atoms with Crippen LogP contribution >= 0.6 is 0 Å². The minimum atomic E-state index is -0.583. The van der Waals surface area contributed by atoms with Crippen LogP contribution in [0.2, 0.25) is 0 Å². The number of carbonyl (C=O) groups is 1. The Hall–Kier alpha value is -2.50. The Balaban J connectivity index is 2.25. The summed E-state index contributed by atoms with van der Waals surface area (Å²) in [4.78, 5) is 11.7. The number of para-hydroxylation sites is 1. The van der Waals surface area contributed by atoms with E-state index >= 15 is 0 Å². The average Bonchev–Trinajstić information content (AvgIpc) is 2.35. The van der Waals surface area contributed by atoms with Gasteiger partial charge in [-0.3, -0.25) is 4.79 Å². The number of aromatic nitrogens is 2. The van der Waals surface area contributed by atoms with Crippen LogP contribution < -0.4 is 11.1 Å². The molecular formula is C11H9FN4O. The molecule has 0 atom stereocenters. The van der Waals surface area contributed by atoms with E-state index in [-0.39, 0.29) is 16.9 Å². The Labute approximate surface area is 96.5 Å². The molecule has 1 heterocycles. The molecule has 0 bridgehead atoms. The van der Waals surface area contributed by atoms with Crippen LogP contribution in [0, 0.1) is 5.82 Å². The van der Waals surface area contributed by atoms with Gasteiger partial charge in [-0.25, -0.2) is 4.39 Å². The van der Waals surface area contributed by atoms with E-state index in [9.17, 15) is 9.18 Å². The molecule has 0 aliphatic carbocycles. The van der Waals surface area contributed by atoms with Gasteiger partial charge in [0.1, 0.15) is 11.5 Å². The number of carbonyl (C=O) groups excluding carboxylic acids is 1. The van der Waals surface area contributed by atoms with Crippen molar-refractivity contribution < 1.29 is 9.18 Å². The van der Waals surface area contributed by atoms with E-state index in [1.54, 1.807) is 0 Å². The van der Waals surface area contributed by atoms with E-state index in [0.29, 0.717) is 0 Å². The lowest BCUT2D eigenvalue weighted by Gasteiger charge is -2.08. The van der Waals surface area contributed by atoms with Gasteiger partial charge in [-0.2, -0.15) is 10.2 Å². The molecule has 0 saturated heterocycles. The van der Waals surface area contributed by atoms with Gasteiger partial charge in [0.05, 0.1) is 23.6 Å². The third-order valence-corrected chi connectivity index (χ3v) is 2.13. The highest BCUT2D eigenvalue weighted by Crippen LogP contribution is 2.22. The quantitative estimate of drug-likeness (QED) is 0.768. The molecule has 3 N–H and O–H groups in total. The van der Waals surface area contributed by atoms with E-state index in [4.69, 9.17) is 5.73 Å². The van der Waals surface area contributed by atoms with Crippen LogP contribution in [0.4, 0.5) is 15.8 Å². The predicted molar refractivity (Wildman–Crippen MR) is 60.8 cm³/mol. The van der Waals surface area contributed by atoms with Crippen LogP contribution in [0.15, 0.2) is 36.7 Å². The van der Waals surface area contributed by atoms with Gasteiger partial charge in [0, 0.05) is 0 Å². The number of benzene rings is 1. The Kier molecular flexibility index (Phi) is 2.95. The number of rotatable bonds is 2. The summed E-state index contributed by atoms with van der Waals surface area (Å²) in [6, 6.07) is 5.66. The highest BCUT2D eigenvalue weighted by atomic mass is 19.1. The molecule has 0 unspecified atom stereocenters. The molecule has 1 aromatic heterocycles. The van der Waals surface area contributed by atoms with Crippen molar-refractivity contribution in [2.45, 2.75) is 0 Å². The highest BCUT2D eigenvalue weighted by molar-refractivity contribution is 6.05. The number of hydrogen-bond donors (Lipinski definition) is 2. The number of hydrogen-bond acceptors (Lipinski definition) is 4.